The Bertz CT molecular complexity index is 816. The number of benzene rings is 1. The van der Waals surface area contributed by atoms with E-state index in [1.807, 2.05) is 0 Å². The van der Waals surface area contributed by atoms with Crippen LogP contribution < -0.4 is 10.5 Å². The van der Waals surface area contributed by atoms with Gasteiger partial charge in [0.1, 0.15) is 6.04 Å². The van der Waals surface area contributed by atoms with E-state index in [-0.39, 0.29) is 30.2 Å². The first-order valence-corrected chi connectivity index (χ1v) is 10.5. The maximum absolute atomic E-state index is 14.4. The zero-order chi connectivity index (χ0) is 20.6. The lowest BCUT2D eigenvalue weighted by Crippen LogP contribution is -2.35. The van der Waals surface area contributed by atoms with Crippen LogP contribution in [0.2, 0.25) is 0 Å². The average Bonchev–Trinajstić information content (AvgIpc) is 3.37. The van der Waals surface area contributed by atoms with Gasteiger partial charge in [-0.15, -0.1) is 12.4 Å². The van der Waals surface area contributed by atoms with E-state index < -0.39 is 5.82 Å². The molecule has 1 aromatic heterocycles. The number of nitrogens with one attached hydrogen (secondary N) is 1. The summed E-state index contributed by atoms with van der Waals surface area (Å²) in [6.07, 6.45) is 8.66. The molecule has 2 aromatic rings. The summed E-state index contributed by atoms with van der Waals surface area (Å²) >= 11 is 0. The Kier molecular flexibility index (Phi) is 9.36. The second-order valence-electron chi connectivity index (χ2n) is 7.45. The van der Waals surface area contributed by atoms with Crippen LogP contribution in [0.4, 0.5) is 4.39 Å². The molecular weight excluding hydrogens is 409 g/mol. The summed E-state index contributed by atoms with van der Waals surface area (Å²) in [5, 5.41) is 11.6. The second-order valence-corrected chi connectivity index (χ2v) is 7.45. The third-order valence-corrected chi connectivity index (χ3v) is 5.23. The number of unbranched alkanes of at least 4 members (excludes halogenated alkanes) is 5. The van der Waals surface area contributed by atoms with E-state index in [0.29, 0.717) is 30.4 Å². The number of halogens is 2. The summed E-state index contributed by atoms with van der Waals surface area (Å²) in [6, 6.07) is 4.50. The van der Waals surface area contributed by atoms with Crippen LogP contribution in [0, 0.1) is 11.2 Å². The predicted octanol–water partition coefficient (Wildman–Crippen LogP) is 5.07. The highest BCUT2D eigenvalue weighted by atomic mass is 35.5. The number of hydrogen-bond acceptors (Lipinski definition) is 5. The van der Waals surface area contributed by atoms with Gasteiger partial charge < -0.3 is 19.9 Å². The van der Waals surface area contributed by atoms with Crippen LogP contribution in [-0.2, 0) is 0 Å². The molecule has 9 heteroatoms. The Morgan fingerprint density at radius 1 is 1.30 bits per heavy atom. The third kappa shape index (κ3) is 6.08. The molecule has 0 spiro atoms. The minimum absolute atomic E-state index is 0. The van der Waals surface area contributed by atoms with Gasteiger partial charge in [0.15, 0.2) is 17.5 Å². The normalized spacial score (nSPS) is 15.8. The van der Waals surface area contributed by atoms with Crippen molar-refractivity contribution >= 4 is 18.4 Å². The molecule has 3 rings (SSSR count). The van der Waals surface area contributed by atoms with Crippen molar-refractivity contribution in [3.63, 3.8) is 0 Å². The Balaban J connectivity index is 0.00000320. The molecule has 30 heavy (non-hydrogen) atoms. The number of ether oxygens (including phenoxy) is 1. The molecular formula is C21H31ClFN5O2. The van der Waals surface area contributed by atoms with Gasteiger partial charge in [-0.2, -0.15) is 4.98 Å². The summed E-state index contributed by atoms with van der Waals surface area (Å²) < 4.78 is 25.4. The van der Waals surface area contributed by atoms with Crippen LogP contribution in [0.15, 0.2) is 22.7 Å². The van der Waals surface area contributed by atoms with Crippen LogP contribution in [0.25, 0.3) is 11.4 Å². The first-order valence-electron chi connectivity index (χ1n) is 10.5. The molecule has 0 bridgehead atoms. The number of likely N-dealkylation sites (tertiary alicyclic amines) is 1. The number of hydrogen-bond donors (Lipinski definition) is 2. The van der Waals surface area contributed by atoms with Crippen molar-refractivity contribution < 1.29 is 13.7 Å². The molecule has 0 amide bonds. The van der Waals surface area contributed by atoms with Crippen LogP contribution in [-0.4, -0.2) is 34.2 Å². The fraction of sp³-hybridized carbons (Fsp3) is 0.571. The summed E-state index contributed by atoms with van der Waals surface area (Å²) in [6.45, 7) is 3.40. The zero-order valence-electron chi connectivity index (χ0n) is 17.4. The number of guanidine groups is 1. The second kappa shape index (κ2) is 11.7. The standard InChI is InChI=1S/C21H30FN5O2.ClH/c1-2-3-4-5-6-7-13-28-18-11-10-15(14-16(18)22)19-25-20(29-26-19)17-9-8-12-27(17)21(23)24;/h10-11,14,17H,2-9,12-13H2,1H3,(H3,23,24);1H. The van der Waals surface area contributed by atoms with Gasteiger partial charge in [0.2, 0.25) is 11.7 Å². The lowest BCUT2D eigenvalue weighted by atomic mass is 10.1. The molecule has 166 valence electrons. The molecule has 1 aliphatic heterocycles. The van der Waals surface area contributed by atoms with Crippen molar-refractivity contribution in [2.45, 2.75) is 64.3 Å². The largest absolute Gasteiger partial charge is 0.491 e. The minimum Gasteiger partial charge on any atom is -0.491 e. The third-order valence-electron chi connectivity index (χ3n) is 5.23. The smallest absolute Gasteiger partial charge is 0.249 e. The van der Waals surface area contributed by atoms with E-state index in [0.717, 1.165) is 25.7 Å². The van der Waals surface area contributed by atoms with Crippen molar-refractivity contribution in [1.82, 2.24) is 15.0 Å². The van der Waals surface area contributed by atoms with Crippen molar-refractivity contribution in [3.8, 4) is 17.1 Å². The summed E-state index contributed by atoms with van der Waals surface area (Å²) in [5.74, 6) is 0.508. The monoisotopic (exact) mass is 439 g/mol. The summed E-state index contributed by atoms with van der Waals surface area (Å²) in [7, 11) is 0. The number of nitrogens with zero attached hydrogens (tertiary/aromatic N) is 3. The highest BCUT2D eigenvalue weighted by molar-refractivity contribution is 5.85. The molecule has 1 aliphatic rings. The van der Waals surface area contributed by atoms with Crippen molar-refractivity contribution in [1.29, 1.82) is 5.41 Å². The molecule has 3 N–H and O–H groups in total. The van der Waals surface area contributed by atoms with Gasteiger partial charge in [-0.25, -0.2) is 4.39 Å². The summed E-state index contributed by atoms with van der Waals surface area (Å²) in [4.78, 5) is 6.13. The Labute approximate surface area is 183 Å². The lowest BCUT2D eigenvalue weighted by molar-refractivity contribution is 0.283. The van der Waals surface area contributed by atoms with Crippen LogP contribution in [0.1, 0.15) is 70.2 Å². The van der Waals surface area contributed by atoms with Crippen molar-refractivity contribution in [3.05, 3.63) is 29.9 Å². The van der Waals surface area contributed by atoms with Gasteiger partial charge in [0.05, 0.1) is 6.61 Å². The van der Waals surface area contributed by atoms with Crippen LogP contribution in [0.3, 0.4) is 0 Å². The highest BCUT2D eigenvalue weighted by Gasteiger charge is 2.31. The topological polar surface area (TPSA) is 101 Å². The molecule has 0 saturated carbocycles. The minimum atomic E-state index is -0.439. The lowest BCUT2D eigenvalue weighted by Gasteiger charge is -2.21. The molecule has 1 fully saturated rings. The molecule has 1 unspecified atom stereocenters. The van der Waals surface area contributed by atoms with Crippen molar-refractivity contribution in [2.24, 2.45) is 5.73 Å². The Morgan fingerprint density at radius 3 is 2.80 bits per heavy atom. The van der Waals surface area contributed by atoms with Crippen molar-refractivity contribution in [2.75, 3.05) is 13.2 Å². The van der Waals surface area contributed by atoms with E-state index in [2.05, 4.69) is 17.1 Å². The number of nitrogens with two attached hydrogens (primary N) is 1. The predicted molar refractivity (Wildman–Crippen MR) is 116 cm³/mol. The van der Waals surface area contributed by atoms with Crippen LogP contribution >= 0.6 is 12.4 Å². The molecule has 0 radical (unpaired) electrons. The first-order chi connectivity index (χ1) is 14.1. The molecule has 0 aliphatic carbocycles. The molecule has 1 aromatic carbocycles. The van der Waals surface area contributed by atoms with E-state index in [1.54, 1.807) is 17.0 Å². The van der Waals surface area contributed by atoms with Gasteiger partial charge >= 0.3 is 0 Å². The fourth-order valence-corrected chi connectivity index (χ4v) is 3.62. The Hall–Kier alpha value is -2.35. The van der Waals surface area contributed by atoms with E-state index in [9.17, 15) is 4.39 Å². The maximum atomic E-state index is 14.4. The summed E-state index contributed by atoms with van der Waals surface area (Å²) in [5.41, 5.74) is 6.14. The molecule has 2 heterocycles. The van der Waals surface area contributed by atoms with Gasteiger partial charge in [-0.3, -0.25) is 5.41 Å². The van der Waals surface area contributed by atoms with E-state index in [1.165, 1.54) is 31.7 Å². The first kappa shape index (κ1) is 23.9. The van der Waals surface area contributed by atoms with Crippen LogP contribution in [0.5, 0.6) is 5.75 Å². The van der Waals surface area contributed by atoms with Gasteiger partial charge in [0, 0.05) is 12.1 Å². The quantitative estimate of drug-likeness (QED) is 0.304. The molecule has 1 saturated heterocycles. The SMILES string of the molecule is CCCCCCCCOc1ccc(-c2noc(C3CCCN3C(=N)N)n2)cc1F.Cl. The van der Waals surface area contributed by atoms with Gasteiger partial charge in [-0.1, -0.05) is 44.2 Å². The Morgan fingerprint density at radius 2 is 2.07 bits per heavy atom. The van der Waals surface area contributed by atoms with Gasteiger partial charge in [0.25, 0.3) is 0 Å². The number of aromatic nitrogens is 2. The highest BCUT2D eigenvalue weighted by Crippen LogP contribution is 2.32. The van der Waals surface area contributed by atoms with Gasteiger partial charge in [-0.05, 0) is 37.5 Å². The average molecular weight is 440 g/mol. The molecule has 1 atom stereocenters. The zero-order valence-corrected chi connectivity index (χ0v) is 18.2. The number of rotatable bonds is 10. The maximum Gasteiger partial charge on any atom is 0.249 e. The van der Waals surface area contributed by atoms with E-state index >= 15 is 0 Å². The van der Waals surface area contributed by atoms with E-state index in [4.69, 9.17) is 20.4 Å². The fourth-order valence-electron chi connectivity index (χ4n) is 3.62. The molecule has 7 nitrogen and oxygen atoms in total.